The SMILES string of the molecule is CSCc1nc(C(=O)Nc2c(C#N)cnn2-c2cc(C)c3cc(C)cc(C)c3n2)cc(=O)[nH]1. The van der Waals surface area contributed by atoms with Crippen LogP contribution in [0.5, 0.6) is 0 Å². The highest BCUT2D eigenvalue weighted by Gasteiger charge is 2.19. The van der Waals surface area contributed by atoms with Crippen LogP contribution in [0.15, 0.2) is 35.3 Å². The highest BCUT2D eigenvalue weighted by Crippen LogP contribution is 2.26. The van der Waals surface area contributed by atoms with E-state index in [0.717, 1.165) is 33.7 Å². The number of carbonyl (C=O) groups excluding carboxylic acids is 1. The summed E-state index contributed by atoms with van der Waals surface area (Å²) >= 11 is 1.47. The lowest BCUT2D eigenvalue weighted by molar-refractivity contribution is 0.102. The van der Waals surface area contributed by atoms with Crippen molar-refractivity contribution in [2.24, 2.45) is 0 Å². The third-order valence-corrected chi connectivity index (χ3v) is 5.65. The third-order valence-electron chi connectivity index (χ3n) is 5.08. The topological polar surface area (TPSA) is 129 Å². The Morgan fingerprint density at radius 2 is 1.97 bits per heavy atom. The second kappa shape index (κ2) is 8.88. The van der Waals surface area contributed by atoms with Crippen LogP contribution in [-0.4, -0.2) is 36.9 Å². The number of benzene rings is 1. The monoisotopic (exact) mass is 459 g/mol. The number of fused-ring (bicyclic) bond motifs is 1. The summed E-state index contributed by atoms with van der Waals surface area (Å²) in [6.07, 6.45) is 3.23. The first-order chi connectivity index (χ1) is 15.8. The Bertz CT molecular complexity index is 1500. The average Bonchev–Trinajstić information content (AvgIpc) is 3.16. The number of rotatable bonds is 5. The average molecular weight is 460 g/mol. The molecule has 0 saturated carbocycles. The van der Waals surface area contributed by atoms with E-state index in [1.165, 1.54) is 22.6 Å². The fourth-order valence-electron chi connectivity index (χ4n) is 3.66. The van der Waals surface area contributed by atoms with E-state index in [-0.39, 0.29) is 17.1 Å². The van der Waals surface area contributed by atoms with Gasteiger partial charge in [-0.1, -0.05) is 11.6 Å². The highest BCUT2D eigenvalue weighted by molar-refractivity contribution is 7.97. The smallest absolute Gasteiger partial charge is 0.275 e. The summed E-state index contributed by atoms with van der Waals surface area (Å²) < 4.78 is 1.41. The summed E-state index contributed by atoms with van der Waals surface area (Å²) in [6.45, 7) is 6.00. The van der Waals surface area contributed by atoms with Gasteiger partial charge in [-0.3, -0.25) is 9.59 Å². The predicted octanol–water partition coefficient (Wildman–Crippen LogP) is 3.42. The lowest BCUT2D eigenvalue weighted by Crippen LogP contribution is -2.22. The summed E-state index contributed by atoms with van der Waals surface area (Å²) in [5.74, 6) is 0.854. The number of anilines is 1. The van der Waals surface area contributed by atoms with Crippen molar-refractivity contribution in [1.29, 1.82) is 5.26 Å². The minimum atomic E-state index is -0.619. The fourth-order valence-corrected chi connectivity index (χ4v) is 4.07. The molecule has 2 N–H and O–H groups in total. The second-order valence-corrected chi connectivity index (χ2v) is 8.54. The van der Waals surface area contributed by atoms with E-state index < -0.39 is 11.5 Å². The minimum absolute atomic E-state index is 0.0478. The first kappa shape index (κ1) is 22.2. The molecule has 10 heteroatoms. The van der Waals surface area contributed by atoms with Gasteiger partial charge in [0.2, 0.25) is 0 Å². The van der Waals surface area contributed by atoms with Crippen molar-refractivity contribution < 1.29 is 4.79 Å². The molecule has 9 nitrogen and oxygen atoms in total. The van der Waals surface area contributed by atoms with Gasteiger partial charge in [0.15, 0.2) is 11.6 Å². The molecular formula is C23H21N7O2S. The van der Waals surface area contributed by atoms with Gasteiger partial charge in [-0.25, -0.2) is 9.97 Å². The molecule has 4 aromatic rings. The number of aromatic amines is 1. The quantitative estimate of drug-likeness (QED) is 0.468. The van der Waals surface area contributed by atoms with Crippen molar-refractivity contribution >= 4 is 34.4 Å². The zero-order valence-electron chi connectivity index (χ0n) is 18.6. The number of amides is 1. The van der Waals surface area contributed by atoms with Crippen LogP contribution >= 0.6 is 11.8 Å². The van der Waals surface area contributed by atoms with Crippen LogP contribution in [0.3, 0.4) is 0 Å². The van der Waals surface area contributed by atoms with Crippen LogP contribution < -0.4 is 10.9 Å². The molecule has 166 valence electrons. The van der Waals surface area contributed by atoms with Gasteiger partial charge in [-0.15, -0.1) is 0 Å². The van der Waals surface area contributed by atoms with E-state index >= 15 is 0 Å². The number of H-pyrrole nitrogens is 1. The minimum Gasteiger partial charge on any atom is -0.310 e. The molecule has 4 rings (SSSR count). The van der Waals surface area contributed by atoms with Gasteiger partial charge >= 0.3 is 0 Å². The molecule has 0 saturated heterocycles. The Kier molecular flexibility index (Phi) is 5.98. The Hall–Kier alpha value is -3.97. The Morgan fingerprint density at radius 1 is 1.18 bits per heavy atom. The number of aryl methyl sites for hydroxylation is 3. The lowest BCUT2D eigenvalue weighted by Gasteiger charge is -2.13. The van der Waals surface area contributed by atoms with Gasteiger partial charge in [0.05, 0.1) is 17.5 Å². The molecule has 0 spiro atoms. The summed E-state index contributed by atoms with van der Waals surface area (Å²) in [5, 5.41) is 17.6. The molecule has 0 aliphatic carbocycles. The zero-order chi connectivity index (χ0) is 23.7. The molecule has 0 bridgehead atoms. The van der Waals surface area contributed by atoms with E-state index in [1.807, 2.05) is 39.2 Å². The largest absolute Gasteiger partial charge is 0.310 e. The van der Waals surface area contributed by atoms with Crippen molar-refractivity contribution in [3.05, 3.63) is 74.6 Å². The molecule has 0 aliphatic heterocycles. The van der Waals surface area contributed by atoms with Gasteiger partial charge in [0.1, 0.15) is 23.2 Å². The number of thioether (sulfide) groups is 1. The molecule has 0 aliphatic rings. The summed E-state index contributed by atoms with van der Waals surface area (Å²) in [7, 11) is 0. The first-order valence-electron chi connectivity index (χ1n) is 10.1. The van der Waals surface area contributed by atoms with Gasteiger partial charge in [0, 0.05) is 11.5 Å². The molecule has 0 atom stereocenters. The fraction of sp³-hybridized carbons (Fsp3) is 0.217. The molecule has 0 radical (unpaired) electrons. The van der Waals surface area contributed by atoms with Crippen molar-refractivity contribution in [2.45, 2.75) is 26.5 Å². The molecule has 33 heavy (non-hydrogen) atoms. The van der Waals surface area contributed by atoms with Crippen molar-refractivity contribution in [3.63, 3.8) is 0 Å². The maximum absolute atomic E-state index is 12.9. The number of aromatic nitrogens is 5. The maximum Gasteiger partial charge on any atom is 0.275 e. The van der Waals surface area contributed by atoms with Gasteiger partial charge in [0.25, 0.3) is 11.5 Å². The Balaban J connectivity index is 1.79. The van der Waals surface area contributed by atoms with Crippen LogP contribution in [0.2, 0.25) is 0 Å². The van der Waals surface area contributed by atoms with Gasteiger partial charge < -0.3 is 10.3 Å². The van der Waals surface area contributed by atoms with Crippen LogP contribution in [0, 0.1) is 32.1 Å². The Morgan fingerprint density at radius 3 is 2.70 bits per heavy atom. The first-order valence-corrected chi connectivity index (χ1v) is 11.5. The highest BCUT2D eigenvalue weighted by atomic mass is 32.2. The molecule has 3 heterocycles. The van der Waals surface area contributed by atoms with Crippen molar-refractivity contribution in [2.75, 3.05) is 11.6 Å². The van der Waals surface area contributed by atoms with E-state index in [4.69, 9.17) is 4.98 Å². The van der Waals surface area contributed by atoms with Crippen molar-refractivity contribution in [1.82, 2.24) is 24.7 Å². The van der Waals surface area contributed by atoms with E-state index in [9.17, 15) is 14.9 Å². The lowest BCUT2D eigenvalue weighted by atomic mass is 10.0. The van der Waals surface area contributed by atoms with Crippen LogP contribution in [-0.2, 0) is 5.75 Å². The van der Waals surface area contributed by atoms with Crippen molar-refractivity contribution in [3.8, 4) is 11.9 Å². The number of pyridine rings is 1. The number of nitrogens with zero attached hydrogens (tertiary/aromatic N) is 5. The van der Waals surface area contributed by atoms with Crippen LogP contribution in [0.4, 0.5) is 5.82 Å². The van der Waals surface area contributed by atoms with Gasteiger partial charge in [-0.05, 0) is 50.3 Å². The zero-order valence-corrected chi connectivity index (χ0v) is 19.4. The number of nitrogens with one attached hydrogen (secondary N) is 2. The number of nitriles is 1. The summed E-state index contributed by atoms with van der Waals surface area (Å²) in [4.78, 5) is 36.5. The molecule has 0 fully saturated rings. The molecule has 1 amide bonds. The summed E-state index contributed by atoms with van der Waals surface area (Å²) in [5.41, 5.74) is 3.66. The second-order valence-electron chi connectivity index (χ2n) is 7.67. The number of hydrogen-bond acceptors (Lipinski definition) is 7. The normalized spacial score (nSPS) is 10.9. The van der Waals surface area contributed by atoms with Gasteiger partial charge in [-0.2, -0.15) is 26.8 Å². The molecule has 3 aromatic heterocycles. The number of hydrogen-bond donors (Lipinski definition) is 2. The molecular weight excluding hydrogens is 438 g/mol. The standard InChI is InChI=1S/C23H21N7O2S/c1-12-5-14(3)21-16(6-12)13(2)7-19(28-21)30-22(15(9-24)10-25-30)29-23(32)17-8-20(31)27-18(26-17)11-33-4/h5-8,10H,11H2,1-4H3,(H,29,32)(H,26,27,31). The van der Waals surface area contributed by atoms with Crippen LogP contribution in [0.1, 0.15) is 38.6 Å². The van der Waals surface area contributed by atoms with E-state index in [0.29, 0.717) is 17.4 Å². The number of carbonyl (C=O) groups is 1. The third kappa shape index (κ3) is 4.36. The van der Waals surface area contributed by atoms with Crippen LogP contribution in [0.25, 0.3) is 16.7 Å². The Labute approximate surface area is 193 Å². The maximum atomic E-state index is 12.9. The molecule has 0 unspecified atom stereocenters. The molecule has 1 aromatic carbocycles. The predicted molar refractivity (Wildman–Crippen MR) is 128 cm³/mol. The van der Waals surface area contributed by atoms with E-state index in [1.54, 1.807) is 0 Å². The summed E-state index contributed by atoms with van der Waals surface area (Å²) in [6, 6.07) is 9.14. The van der Waals surface area contributed by atoms with E-state index in [2.05, 4.69) is 32.5 Å².